The zero-order chi connectivity index (χ0) is 17.5. The van der Waals surface area contributed by atoms with Crippen molar-refractivity contribution in [1.82, 2.24) is 4.90 Å². The molecular formula is C20H39NO2S. The molecule has 1 fully saturated rings. The second-order valence-electron chi connectivity index (χ2n) is 7.27. The first-order chi connectivity index (χ1) is 11.7. The molecule has 0 aromatic carbocycles. The maximum absolute atomic E-state index is 11.1. The Labute approximate surface area is 154 Å². The van der Waals surface area contributed by atoms with Crippen molar-refractivity contribution in [3.8, 4) is 0 Å². The fraction of sp³-hybridized carbons (Fsp3) is 0.950. The van der Waals surface area contributed by atoms with E-state index in [1.165, 1.54) is 70.0 Å². The van der Waals surface area contributed by atoms with Crippen LogP contribution >= 0.6 is 11.8 Å². The number of likely N-dealkylation sites (tertiary alicyclic amines) is 1. The van der Waals surface area contributed by atoms with Gasteiger partial charge in [-0.15, -0.1) is 0 Å². The van der Waals surface area contributed by atoms with E-state index in [-0.39, 0.29) is 5.92 Å². The molecule has 4 heteroatoms. The molecule has 0 spiro atoms. The Balaban J connectivity index is 1.81. The third kappa shape index (κ3) is 11.4. The Bertz CT molecular complexity index is 312. The summed E-state index contributed by atoms with van der Waals surface area (Å²) in [6, 6.07) is 0. The van der Waals surface area contributed by atoms with E-state index < -0.39 is 5.97 Å². The van der Waals surface area contributed by atoms with Gasteiger partial charge in [0, 0.05) is 18.8 Å². The maximum Gasteiger partial charge on any atom is 0.307 e. The summed E-state index contributed by atoms with van der Waals surface area (Å²) in [5.74, 6) is 1.68. The van der Waals surface area contributed by atoms with Crippen LogP contribution < -0.4 is 0 Å². The van der Waals surface area contributed by atoms with Crippen LogP contribution in [0.4, 0.5) is 0 Å². The highest BCUT2D eigenvalue weighted by Gasteiger charge is 2.24. The van der Waals surface area contributed by atoms with Gasteiger partial charge in [0.15, 0.2) is 0 Å². The largest absolute Gasteiger partial charge is 0.481 e. The molecule has 3 nitrogen and oxygen atoms in total. The Morgan fingerprint density at radius 2 is 1.62 bits per heavy atom. The molecule has 1 N–H and O–H groups in total. The van der Waals surface area contributed by atoms with Crippen LogP contribution in [0.2, 0.25) is 0 Å². The number of hydrogen-bond acceptors (Lipinski definition) is 3. The molecule has 1 unspecified atom stereocenters. The van der Waals surface area contributed by atoms with Gasteiger partial charge in [0.05, 0.1) is 5.92 Å². The van der Waals surface area contributed by atoms with Crippen LogP contribution in [0.25, 0.3) is 0 Å². The van der Waals surface area contributed by atoms with E-state index in [0.717, 1.165) is 38.2 Å². The van der Waals surface area contributed by atoms with Gasteiger partial charge in [-0.1, -0.05) is 64.7 Å². The highest BCUT2D eigenvalue weighted by molar-refractivity contribution is 7.99. The van der Waals surface area contributed by atoms with Gasteiger partial charge < -0.3 is 10.0 Å². The minimum atomic E-state index is -0.613. The van der Waals surface area contributed by atoms with Crippen LogP contribution in [-0.2, 0) is 4.79 Å². The molecule has 1 rings (SSSR count). The van der Waals surface area contributed by atoms with Crippen LogP contribution in [-0.4, -0.2) is 47.1 Å². The second kappa shape index (κ2) is 15.1. The molecule has 0 bridgehead atoms. The first-order valence-electron chi connectivity index (χ1n) is 10.3. The monoisotopic (exact) mass is 357 g/mol. The van der Waals surface area contributed by atoms with Crippen LogP contribution in [0, 0.1) is 5.92 Å². The van der Waals surface area contributed by atoms with Crippen LogP contribution in [0.5, 0.6) is 0 Å². The summed E-state index contributed by atoms with van der Waals surface area (Å²) in [5, 5.41) is 9.11. The summed E-state index contributed by atoms with van der Waals surface area (Å²) < 4.78 is 0. The Morgan fingerprint density at radius 1 is 1.00 bits per heavy atom. The minimum Gasteiger partial charge on any atom is -0.481 e. The summed E-state index contributed by atoms with van der Waals surface area (Å²) in [7, 11) is 0. The van der Waals surface area contributed by atoms with E-state index >= 15 is 0 Å². The highest BCUT2D eigenvalue weighted by Crippen LogP contribution is 2.17. The van der Waals surface area contributed by atoms with E-state index in [1.807, 2.05) is 11.8 Å². The molecule has 0 aromatic heterocycles. The number of carboxylic acid groups (broad SMARTS) is 1. The Morgan fingerprint density at radius 3 is 2.25 bits per heavy atom. The zero-order valence-corrected chi connectivity index (χ0v) is 16.6. The van der Waals surface area contributed by atoms with Gasteiger partial charge in [-0.2, -0.15) is 11.8 Å². The molecule has 24 heavy (non-hydrogen) atoms. The van der Waals surface area contributed by atoms with E-state index in [0.29, 0.717) is 0 Å². The summed E-state index contributed by atoms with van der Waals surface area (Å²) in [5.41, 5.74) is 0. The SMILES string of the molecule is CCCCCCCCCCCCSCCN1CCCC(C(=O)O)C1. The lowest BCUT2D eigenvalue weighted by atomic mass is 9.98. The number of carbonyl (C=O) groups is 1. The smallest absolute Gasteiger partial charge is 0.307 e. The van der Waals surface area contributed by atoms with Crippen molar-refractivity contribution >= 4 is 17.7 Å². The minimum absolute atomic E-state index is 0.134. The molecule has 142 valence electrons. The third-order valence-electron chi connectivity index (χ3n) is 5.05. The van der Waals surface area contributed by atoms with Crippen molar-refractivity contribution < 1.29 is 9.90 Å². The number of rotatable bonds is 15. The number of thioether (sulfide) groups is 1. The van der Waals surface area contributed by atoms with Gasteiger partial charge in [0.25, 0.3) is 0 Å². The van der Waals surface area contributed by atoms with Gasteiger partial charge in [0.1, 0.15) is 0 Å². The van der Waals surface area contributed by atoms with Gasteiger partial charge in [-0.05, 0) is 31.6 Å². The lowest BCUT2D eigenvalue weighted by Gasteiger charge is -2.30. The fourth-order valence-corrected chi connectivity index (χ4v) is 4.45. The summed E-state index contributed by atoms with van der Waals surface area (Å²) >= 11 is 2.04. The van der Waals surface area contributed by atoms with Crippen molar-refractivity contribution in [2.24, 2.45) is 5.92 Å². The molecule has 0 aliphatic carbocycles. The first-order valence-corrected chi connectivity index (χ1v) is 11.4. The molecular weight excluding hydrogens is 318 g/mol. The summed E-state index contributed by atoms with van der Waals surface area (Å²) in [6.07, 6.45) is 15.9. The summed E-state index contributed by atoms with van der Waals surface area (Å²) in [4.78, 5) is 13.4. The topological polar surface area (TPSA) is 40.5 Å². The molecule has 0 saturated carbocycles. The Hall–Kier alpha value is -0.220. The number of unbranched alkanes of at least 4 members (excludes halogenated alkanes) is 9. The highest BCUT2D eigenvalue weighted by atomic mass is 32.2. The van der Waals surface area contributed by atoms with E-state index in [4.69, 9.17) is 5.11 Å². The molecule has 1 heterocycles. The van der Waals surface area contributed by atoms with E-state index in [1.54, 1.807) is 0 Å². The van der Waals surface area contributed by atoms with Crippen LogP contribution in [0.15, 0.2) is 0 Å². The first kappa shape index (κ1) is 21.8. The average molecular weight is 358 g/mol. The standard InChI is InChI=1S/C20H39NO2S/c1-2-3-4-5-6-7-8-9-10-11-16-24-17-15-21-14-12-13-19(18-21)20(22)23/h19H,2-18H2,1H3,(H,22,23). The molecule has 1 aliphatic rings. The Kier molecular flexibility index (Phi) is 13.7. The van der Waals surface area contributed by atoms with Crippen molar-refractivity contribution in [1.29, 1.82) is 0 Å². The lowest BCUT2D eigenvalue weighted by molar-refractivity contribution is -0.143. The van der Waals surface area contributed by atoms with Gasteiger partial charge in [-0.3, -0.25) is 4.79 Å². The zero-order valence-electron chi connectivity index (χ0n) is 15.8. The van der Waals surface area contributed by atoms with E-state index in [2.05, 4.69) is 11.8 Å². The fourth-order valence-electron chi connectivity index (χ4n) is 3.45. The quantitative estimate of drug-likeness (QED) is 0.396. The van der Waals surface area contributed by atoms with E-state index in [9.17, 15) is 4.79 Å². The molecule has 1 aliphatic heterocycles. The predicted octanol–water partition coefficient (Wildman–Crippen LogP) is 5.44. The lowest BCUT2D eigenvalue weighted by Crippen LogP contribution is -2.39. The molecule has 0 aromatic rings. The van der Waals surface area contributed by atoms with Gasteiger partial charge in [-0.25, -0.2) is 0 Å². The normalized spacial score (nSPS) is 18.8. The number of nitrogens with zero attached hydrogens (tertiary/aromatic N) is 1. The third-order valence-corrected chi connectivity index (χ3v) is 6.10. The average Bonchev–Trinajstić information content (AvgIpc) is 2.59. The van der Waals surface area contributed by atoms with Crippen molar-refractivity contribution in [2.45, 2.75) is 84.0 Å². The van der Waals surface area contributed by atoms with Gasteiger partial charge in [0.2, 0.25) is 0 Å². The number of hydrogen-bond donors (Lipinski definition) is 1. The number of aliphatic carboxylic acids is 1. The number of carboxylic acids is 1. The number of piperidine rings is 1. The maximum atomic E-state index is 11.1. The van der Waals surface area contributed by atoms with Gasteiger partial charge >= 0.3 is 5.97 Å². The second-order valence-corrected chi connectivity index (χ2v) is 8.50. The van der Waals surface area contributed by atoms with Crippen molar-refractivity contribution in [3.05, 3.63) is 0 Å². The molecule has 1 saturated heterocycles. The molecule has 1 atom stereocenters. The van der Waals surface area contributed by atoms with Crippen LogP contribution in [0.3, 0.4) is 0 Å². The molecule has 0 amide bonds. The molecule has 0 radical (unpaired) electrons. The summed E-state index contributed by atoms with van der Waals surface area (Å²) in [6.45, 7) is 5.18. The van der Waals surface area contributed by atoms with Crippen molar-refractivity contribution in [3.63, 3.8) is 0 Å². The van der Waals surface area contributed by atoms with Crippen molar-refractivity contribution in [2.75, 3.05) is 31.1 Å². The predicted molar refractivity (Wildman–Crippen MR) is 106 cm³/mol. The van der Waals surface area contributed by atoms with Crippen LogP contribution in [0.1, 0.15) is 84.0 Å².